The van der Waals surface area contributed by atoms with Gasteiger partial charge in [0.2, 0.25) is 0 Å². The van der Waals surface area contributed by atoms with Gasteiger partial charge >= 0.3 is 0 Å². The maximum absolute atomic E-state index is 4.27. The molecule has 0 bridgehead atoms. The van der Waals surface area contributed by atoms with Crippen molar-refractivity contribution in [3.63, 3.8) is 0 Å². The lowest BCUT2D eigenvalue weighted by atomic mass is 10.3. The summed E-state index contributed by atoms with van der Waals surface area (Å²) >= 11 is 0. The second-order valence-electron chi connectivity index (χ2n) is 4.73. The average molecular weight is 270 g/mol. The van der Waals surface area contributed by atoms with Crippen LogP contribution in [0, 0.1) is 0 Å². The molecule has 6 heteroatoms. The highest BCUT2D eigenvalue weighted by Gasteiger charge is 2.13. The molecule has 3 aromatic heterocycles. The van der Waals surface area contributed by atoms with Crippen LogP contribution in [0.5, 0.6) is 0 Å². The predicted octanol–water partition coefficient (Wildman–Crippen LogP) is 1.80. The zero-order valence-corrected chi connectivity index (χ0v) is 11.7. The standard InChI is InChI=1S/C14H18N6/c1-3-20-12(7-8-16-20)10-15-11(2)14-18-17-13-6-4-5-9-19(13)14/h4-9,11,15H,3,10H2,1-2H3. The van der Waals surface area contributed by atoms with Gasteiger partial charge in [0.15, 0.2) is 11.5 Å². The SMILES string of the molecule is CCn1nccc1CNC(C)c1nnc2ccccn12. The molecule has 3 rings (SSSR count). The second kappa shape index (κ2) is 5.42. The number of aromatic nitrogens is 5. The minimum absolute atomic E-state index is 0.118. The number of fused-ring (bicyclic) bond motifs is 1. The van der Waals surface area contributed by atoms with E-state index in [0.29, 0.717) is 0 Å². The molecule has 20 heavy (non-hydrogen) atoms. The smallest absolute Gasteiger partial charge is 0.160 e. The van der Waals surface area contributed by atoms with Crippen LogP contribution >= 0.6 is 0 Å². The van der Waals surface area contributed by atoms with Crippen molar-refractivity contribution in [1.82, 2.24) is 29.7 Å². The van der Waals surface area contributed by atoms with Crippen LogP contribution in [0.2, 0.25) is 0 Å². The van der Waals surface area contributed by atoms with Crippen molar-refractivity contribution in [2.24, 2.45) is 0 Å². The number of hydrogen-bond donors (Lipinski definition) is 1. The van der Waals surface area contributed by atoms with Crippen LogP contribution in [0.15, 0.2) is 36.7 Å². The Kier molecular flexibility index (Phi) is 3.47. The number of nitrogens with one attached hydrogen (secondary N) is 1. The van der Waals surface area contributed by atoms with Crippen molar-refractivity contribution < 1.29 is 0 Å². The van der Waals surface area contributed by atoms with Crippen LogP contribution in [0.25, 0.3) is 5.65 Å². The minimum Gasteiger partial charge on any atom is -0.302 e. The highest BCUT2D eigenvalue weighted by molar-refractivity contribution is 5.37. The van der Waals surface area contributed by atoms with Crippen molar-refractivity contribution in [1.29, 1.82) is 0 Å². The normalized spacial score (nSPS) is 12.9. The Bertz CT molecular complexity index is 698. The Balaban J connectivity index is 1.75. The Morgan fingerprint density at radius 1 is 1.25 bits per heavy atom. The third-order valence-electron chi connectivity index (χ3n) is 3.42. The first-order chi connectivity index (χ1) is 9.79. The van der Waals surface area contributed by atoms with Crippen LogP contribution in [0.4, 0.5) is 0 Å². The molecule has 0 aromatic carbocycles. The van der Waals surface area contributed by atoms with E-state index in [1.807, 2.05) is 45.7 Å². The largest absolute Gasteiger partial charge is 0.302 e. The summed E-state index contributed by atoms with van der Waals surface area (Å²) in [5.74, 6) is 0.920. The maximum Gasteiger partial charge on any atom is 0.160 e. The third kappa shape index (κ3) is 2.30. The quantitative estimate of drug-likeness (QED) is 0.768. The predicted molar refractivity (Wildman–Crippen MR) is 76.1 cm³/mol. The lowest BCUT2D eigenvalue weighted by molar-refractivity contribution is 0.511. The molecule has 0 amide bonds. The zero-order chi connectivity index (χ0) is 13.9. The molecule has 6 nitrogen and oxygen atoms in total. The summed E-state index contributed by atoms with van der Waals surface area (Å²) in [6.07, 6.45) is 3.82. The molecule has 0 saturated heterocycles. The fourth-order valence-electron chi connectivity index (χ4n) is 2.30. The van der Waals surface area contributed by atoms with E-state index < -0.39 is 0 Å². The molecule has 0 radical (unpaired) electrons. The van der Waals surface area contributed by atoms with Crippen molar-refractivity contribution in [3.8, 4) is 0 Å². The summed E-state index contributed by atoms with van der Waals surface area (Å²) in [5, 5.41) is 16.2. The van der Waals surface area contributed by atoms with Crippen molar-refractivity contribution in [2.75, 3.05) is 0 Å². The van der Waals surface area contributed by atoms with E-state index in [2.05, 4.69) is 34.5 Å². The van der Waals surface area contributed by atoms with E-state index in [1.165, 1.54) is 5.69 Å². The average Bonchev–Trinajstić information content (AvgIpc) is 3.11. The van der Waals surface area contributed by atoms with Crippen LogP contribution in [-0.4, -0.2) is 24.4 Å². The van der Waals surface area contributed by atoms with Gasteiger partial charge in [-0.05, 0) is 32.0 Å². The molecule has 1 N–H and O–H groups in total. The van der Waals surface area contributed by atoms with Gasteiger partial charge in [-0.2, -0.15) is 5.10 Å². The monoisotopic (exact) mass is 270 g/mol. The van der Waals surface area contributed by atoms with Gasteiger partial charge in [0.1, 0.15) is 0 Å². The molecule has 1 atom stereocenters. The van der Waals surface area contributed by atoms with Gasteiger partial charge in [0, 0.05) is 25.5 Å². The molecule has 104 valence electrons. The summed E-state index contributed by atoms with van der Waals surface area (Å²) < 4.78 is 4.00. The number of hydrogen-bond acceptors (Lipinski definition) is 4. The number of nitrogens with zero attached hydrogens (tertiary/aromatic N) is 5. The summed E-state index contributed by atoms with van der Waals surface area (Å²) in [6.45, 7) is 5.82. The summed E-state index contributed by atoms with van der Waals surface area (Å²) in [4.78, 5) is 0. The fraction of sp³-hybridized carbons (Fsp3) is 0.357. The Hall–Kier alpha value is -2.21. The Morgan fingerprint density at radius 2 is 2.15 bits per heavy atom. The first-order valence-corrected chi connectivity index (χ1v) is 6.83. The van der Waals surface area contributed by atoms with E-state index in [4.69, 9.17) is 0 Å². The number of rotatable bonds is 5. The molecule has 0 aliphatic heterocycles. The molecule has 1 unspecified atom stereocenters. The molecule has 0 aliphatic rings. The third-order valence-corrected chi connectivity index (χ3v) is 3.42. The highest BCUT2D eigenvalue weighted by atomic mass is 15.3. The van der Waals surface area contributed by atoms with E-state index in [9.17, 15) is 0 Å². The van der Waals surface area contributed by atoms with Crippen LogP contribution in [0.1, 0.15) is 31.4 Å². The lowest BCUT2D eigenvalue weighted by Crippen LogP contribution is -2.22. The summed E-state index contributed by atoms with van der Waals surface area (Å²) in [7, 11) is 0. The van der Waals surface area contributed by atoms with E-state index in [1.54, 1.807) is 0 Å². The maximum atomic E-state index is 4.27. The van der Waals surface area contributed by atoms with Gasteiger partial charge in [-0.1, -0.05) is 6.07 Å². The van der Waals surface area contributed by atoms with Gasteiger partial charge in [-0.25, -0.2) is 0 Å². The van der Waals surface area contributed by atoms with Gasteiger partial charge in [-0.15, -0.1) is 10.2 Å². The van der Waals surface area contributed by atoms with Gasteiger partial charge in [0.25, 0.3) is 0 Å². The van der Waals surface area contributed by atoms with E-state index in [0.717, 1.165) is 24.6 Å². The first-order valence-electron chi connectivity index (χ1n) is 6.83. The van der Waals surface area contributed by atoms with Crippen molar-refractivity contribution in [3.05, 3.63) is 48.2 Å². The van der Waals surface area contributed by atoms with Crippen LogP contribution < -0.4 is 5.32 Å². The summed E-state index contributed by atoms with van der Waals surface area (Å²) in [5.41, 5.74) is 2.04. The highest BCUT2D eigenvalue weighted by Crippen LogP contribution is 2.12. The van der Waals surface area contributed by atoms with E-state index in [-0.39, 0.29) is 6.04 Å². The first kappa shape index (κ1) is 12.8. The van der Waals surface area contributed by atoms with Gasteiger partial charge in [0.05, 0.1) is 11.7 Å². The van der Waals surface area contributed by atoms with Gasteiger partial charge < -0.3 is 5.32 Å². The summed E-state index contributed by atoms with van der Waals surface area (Å²) in [6, 6.07) is 8.05. The molecule has 0 aliphatic carbocycles. The molecule has 3 heterocycles. The molecule has 3 aromatic rings. The molecule has 0 saturated carbocycles. The van der Waals surface area contributed by atoms with Crippen molar-refractivity contribution in [2.45, 2.75) is 33.0 Å². The minimum atomic E-state index is 0.118. The Labute approximate surface area is 117 Å². The molecule has 0 spiro atoms. The Morgan fingerprint density at radius 3 is 3.00 bits per heavy atom. The van der Waals surface area contributed by atoms with Crippen LogP contribution in [0.3, 0.4) is 0 Å². The molecule has 0 fully saturated rings. The molecular weight excluding hydrogens is 252 g/mol. The van der Waals surface area contributed by atoms with Crippen molar-refractivity contribution >= 4 is 5.65 Å². The fourth-order valence-corrected chi connectivity index (χ4v) is 2.30. The lowest BCUT2D eigenvalue weighted by Gasteiger charge is -2.12. The zero-order valence-electron chi connectivity index (χ0n) is 11.7. The topological polar surface area (TPSA) is 60.0 Å². The van der Waals surface area contributed by atoms with Crippen LogP contribution in [-0.2, 0) is 13.1 Å². The van der Waals surface area contributed by atoms with E-state index >= 15 is 0 Å². The number of pyridine rings is 1. The molecular formula is C14H18N6. The number of aryl methyl sites for hydroxylation is 1. The van der Waals surface area contributed by atoms with Gasteiger partial charge in [-0.3, -0.25) is 9.08 Å². The second-order valence-corrected chi connectivity index (χ2v) is 4.73.